The first-order chi connectivity index (χ1) is 11.1. The van der Waals surface area contributed by atoms with E-state index in [0.29, 0.717) is 5.39 Å². The zero-order valence-corrected chi connectivity index (χ0v) is 16.5. The summed E-state index contributed by atoms with van der Waals surface area (Å²) in [5.41, 5.74) is 0.0423. The quantitative estimate of drug-likeness (QED) is 0.264. The molecule has 4 rings (SSSR count). The number of rotatable bonds is 0. The third kappa shape index (κ3) is 2.44. The van der Waals surface area contributed by atoms with Crippen molar-refractivity contribution in [3.8, 4) is 0 Å². The van der Waals surface area contributed by atoms with Crippen LogP contribution in [0.4, 0.5) is 0 Å². The minimum Gasteiger partial charge on any atom is -0.289 e. The van der Waals surface area contributed by atoms with Gasteiger partial charge >= 0.3 is 0 Å². The second-order valence-electron chi connectivity index (χ2n) is 5.38. The zero-order valence-electron chi connectivity index (χ0n) is 11.7. The summed E-state index contributed by atoms with van der Waals surface area (Å²) in [5, 5.41) is 5.51. The summed E-state index contributed by atoms with van der Waals surface area (Å²) < 4.78 is 2.72. The first-order valence-corrected chi connectivity index (χ1v) is 9.37. The van der Waals surface area contributed by atoms with Crippen molar-refractivity contribution in [2.75, 3.05) is 0 Å². The molecule has 0 saturated heterocycles. The fourth-order valence-corrected chi connectivity index (χ4v) is 4.04. The molecular weight excluding hydrogens is 484 g/mol. The number of hydrogen-bond donors (Lipinski definition) is 0. The highest BCUT2D eigenvalue weighted by Crippen LogP contribution is 2.33. The minimum absolute atomic E-state index is 0.0423. The van der Waals surface area contributed by atoms with Crippen LogP contribution in [0.5, 0.6) is 0 Å². The van der Waals surface area contributed by atoms with Crippen molar-refractivity contribution in [1.82, 2.24) is 0 Å². The molecular formula is C19H9Br3O. The highest BCUT2D eigenvalue weighted by Gasteiger charge is 2.11. The molecule has 1 nitrogen and oxygen atoms in total. The molecule has 0 aliphatic carbocycles. The van der Waals surface area contributed by atoms with Crippen LogP contribution < -0.4 is 5.43 Å². The maximum absolute atomic E-state index is 13.2. The minimum atomic E-state index is 0.0423. The maximum atomic E-state index is 13.2. The fourth-order valence-electron chi connectivity index (χ4n) is 2.99. The van der Waals surface area contributed by atoms with Crippen LogP contribution in [0.15, 0.2) is 72.8 Å². The Morgan fingerprint density at radius 3 is 1.78 bits per heavy atom. The fraction of sp³-hybridized carbons (Fsp3) is 0. The van der Waals surface area contributed by atoms with Crippen molar-refractivity contribution >= 4 is 80.1 Å². The SMILES string of the molecule is O=c1c2cc(Br)ccc2c2ccccc2c2cc(Br)c(Br)cc12. The second-order valence-corrected chi connectivity index (χ2v) is 8.00. The summed E-state index contributed by atoms with van der Waals surface area (Å²) in [5.74, 6) is 0. The van der Waals surface area contributed by atoms with Gasteiger partial charge in [-0.25, -0.2) is 0 Å². The van der Waals surface area contributed by atoms with Gasteiger partial charge in [0.1, 0.15) is 0 Å². The molecule has 4 aromatic carbocycles. The molecule has 23 heavy (non-hydrogen) atoms. The summed E-state index contributed by atoms with van der Waals surface area (Å²) >= 11 is 10.5. The van der Waals surface area contributed by atoms with E-state index in [9.17, 15) is 4.79 Å². The monoisotopic (exact) mass is 490 g/mol. The molecule has 112 valence electrons. The van der Waals surface area contributed by atoms with E-state index in [0.717, 1.165) is 40.3 Å². The van der Waals surface area contributed by atoms with Crippen LogP contribution in [-0.4, -0.2) is 0 Å². The molecule has 4 aromatic rings. The van der Waals surface area contributed by atoms with E-state index in [4.69, 9.17) is 0 Å². The van der Waals surface area contributed by atoms with Crippen molar-refractivity contribution < 1.29 is 0 Å². The van der Waals surface area contributed by atoms with Crippen LogP contribution in [0.25, 0.3) is 32.3 Å². The molecule has 0 amide bonds. The van der Waals surface area contributed by atoms with Crippen LogP contribution in [0.3, 0.4) is 0 Å². The first kappa shape index (κ1) is 15.3. The van der Waals surface area contributed by atoms with Gasteiger partial charge in [0.05, 0.1) is 0 Å². The third-order valence-electron chi connectivity index (χ3n) is 4.04. The molecule has 0 unspecified atom stereocenters. The predicted molar refractivity (Wildman–Crippen MR) is 108 cm³/mol. The molecule has 0 saturated carbocycles. The Morgan fingerprint density at radius 1 is 0.565 bits per heavy atom. The standard InChI is InChI=1S/C19H9Br3O/c20-10-5-6-13-11-3-1-2-4-12(11)14-8-17(21)18(22)9-16(14)19(23)15(13)7-10/h1-9H. The van der Waals surface area contributed by atoms with E-state index < -0.39 is 0 Å². The molecule has 0 aliphatic rings. The lowest BCUT2D eigenvalue weighted by Gasteiger charge is -2.01. The average molecular weight is 493 g/mol. The number of halogens is 3. The summed E-state index contributed by atoms with van der Waals surface area (Å²) in [4.78, 5) is 13.2. The van der Waals surface area contributed by atoms with Crippen molar-refractivity contribution in [2.24, 2.45) is 0 Å². The Kier molecular flexibility index (Phi) is 3.79. The van der Waals surface area contributed by atoms with E-state index >= 15 is 0 Å². The second kappa shape index (κ2) is 5.69. The largest absolute Gasteiger partial charge is 0.289 e. The first-order valence-electron chi connectivity index (χ1n) is 6.99. The number of benzene rings is 3. The van der Waals surface area contributed by atoms with Crippen LogP contribution in [0, 0.1) is 0 Å². The average Bonchev–Trinajstić information content (AvgIpc) is 2.64. The van der Waals surface area contributed by atoms with E-state index in [1.165, 1.54) is 0 Å². The lowest BCUT2D eigenvalue weighted by molar-refractivity contribution is 1.65. The molecule has 0 radical (unpaired) electrons. The van der Waals surface area contributed by atoms with Gasteiger partial charge in [0.2, 0.25) is 0 Å². The third-order valence-corrected chi connectivity index (χ3v) is 6.38. The zero-order chi connectivity index (χ0) is 16.1. The molecule has 0 N–H and O–H groups in total. The molecule has 0 fully saturated rings. The van der Waals surface area contributed by atoms with Crippen LogP contribution >= 0.6 is 47.8 Å². The van der Waals surface area contributed by atoms with Crippen molar-refractivity contribution in [3.05, 3.63) is 78.2 Å². The molecule has 0 aromatic heterocycles. The Hall–Kier alpha value is -1.23. The molecule has 0 bridgehead atoms. The van der Waals surface area contributed by atoms with Gasteiger partial charge in [-0.1, -0.05) is 46.3 Å². The van der Waals surface area contributed by atoms with Gasteiger partial charge < -0.3 is 0 Å². The molecule has 0 atom stereocenters. The highest BCUT2D eigenvalue weighted by molar-refractivity contribution is 9.13. The molecule has 0 heterocycles. The van der Waals surface area contributed by atoms with Crippen LogP contribution in [-0.2, 0) is 0 Å². The van der Waals surface area contributed by atoms with E-state index in [-0.39, 0.29) is 5.43 Å². The van der Waals surface area contributed by atoms with Crippen LogP contribution in [0.2, 0.25) is 0 Å². The van der Waals surface area contributed by atoms with Crippen molar-refractivity contribution in [1.29, 1.82) is 0 Å². The van der Waals surface area contributed by atoms with E-state index in [1.54, 1.807) is 0 Å². The van der Waals surface area contributed by atoms with Gasteiger partial charge in [-0.05, 0) is 77.7 Å². The topological polar surface area (TPSA) is 17.1 Å². The Balaban J connectivity index is 2.48. The van der Waals surface area contributed by atoms with Gasteiger partial charge in [-0.2, -0.15) is 0 Å². The molecule has 4 heteroatoms. The van der Waals surface area contributed by atoms with Gasteiger partial charge in [-0.15, -0.1) is 0 Å². The predicted octanol–water partition coefficient (Wildman–Crippen LogP) is 6.79. The van der Waals surface area contributed by atoms with Crippen molar-refractivity contribution in [2.45, 2.75) is 0 Å². The normalized spacial score (nSPS) is 11.4. The summed E-state index contributed by atoms with van der Waals surface area (Å²) in [7, 11) is 0. The smallest absolute Gasteiger partial charge is 0.194 e. The number of fused-ring (bicyclic) bond motifs is 5. The number of hydrogen-bond acceptors (Lipinski definition) is 1. The Labute approximate surface area is 157 Å². The summed E-state index contributed by atoms with van der Waals surface area (Å²) in [6, 6.07) is 17.9. The van der Waals surface area contributed by atoms with E-state index in [1.807, 2.05) is 42.5 Å². The lowest BCUT2D eigenvalue weighted by atomic mass is 10.1. The summed E-state index contributed by atoms with van der Waals surface area (Å²) in [6.07, 6.45) is 0. The maximum Gasteiger partial charge on any atom is 0.194 e. The van der Waals surface area contributed by atoms with Crippen LogP contribution in [0.1, 0.15) is 0 Å². The Bertz CT molecular complexity index is 1170. The van der Waals surface area contributed by atoms with Gasteiger partial charge in [0.15, 0.2) is 5.43 Å². The van der Waals surface area contributed by atoms with Gasteiger partial charge in [-0.3, -0.25) is 4.79 Å². The lowest BCUT2D eigenvalue weighted by Crippen LogP contribution is -1.98. The van der Waals surface area contributed by atoms with Gasteiger partial charge in [0.25, 0.3) is 0 Å². The van der Waals surface area contributed by atoms with E-state index in [2.05, 4.69) is 59.9 Å². The summed E-state index contributed by atoms with van der Waals surface area (Å²) in [6.45, 7) is 0. The van der Waals surface area contributed by atoms with Crippen molar-refractivity contribution in [3.63, 3.8) is 0 Å². The molecule has 0 spiro atoms. The van der Waals surface area contributed by atoms with Gasteiger partial charge in [0, 0.05) is 24.2 Å². The highest BCUT2D eigenvalue weighted by atomic mass is 79.9. The Morgan fingerprint density at radius 2 is 1.09 bits per heavy atom. The molecule has 0 aliphatic heterocycles.